The predicted molar refractivity (Wildman–Crippen MR) is 105 cm³/mol. The van der Waals surface area contributed by atoms with E-state index in [9.17, 15) is 4.79 Å². The first-order valence-corrected chi connectivity index (χ1v) is 10.9. The molecule has 3 rings (SSSR count). The number of amides is 1. The highest BCUT2D eigenvalue weighted by Crippen LogP contribution is 2.20. The average molecular weight is 400 g/mol. The molecule has 0 saturated carbocycles. The van der Waals surface area contributed by atoms with Crippen molar-refractivity contribution >= 4 is 40.2 Å². The van der Waals surface area contributed by atoms with Crippen molar-refractivity contribution in [1.29, 1.82) is 0 Å². The van der Waals surface area contributed by atoms with E-state index >= 15 is 0 Å². The summed E-state index contributed by atoms with van der Waals surface area (Å²) in [7, 11) is 0. The fraction of sp³-hybridized carbons (Fsp3) is 0.500. The van der Waals surface area contributed by atoms with Crippen LogP contribution in [0.4, 0.5) is 0 Å². The zero-order valence-corrected chi connectivity index (χ0v) is 16.9. The minimum atomic E-state index is 0.0288. The molecule has 0 bridgehead atoms. The summed E-state index contributed by atoms with van der Waals surface area (Å²) < 4.78 is 0.867. The largest absolute Gasteiger partial charge is 0.351 e. The molecule has 1 amide bonds. The summed E-state index contributed by atoms with van der Waals surface area (Å²) in [6, 6.07) is 8.31. The smallest absolute Gasteiger partial charge is 0.278 e. The molecular formula is C18H26ClN3OS2+2. The second-order valence-electron chi connectivity index (χ2n) is 6.63. The van der Waals surface area contributed by atoms with Crippen LogP contribution in [0.3, 0.4) is 0 Å². The Morgan fingerprint density at radius 3 is 2.68 bits per heavy atom. The third-order valence-corrected chi connectivity index (χ3v) is 7.08. The van der Waals surface area contributed by atoms with Crippen LogP contribution in [0.15, 0.2) is 29.6 Å². The van der Waals surface area contributed by atoms with Crippen LogP contribution in [0.2, 0.25) is 4.34 Å². The third kappa shape index (κ3) is 5.53. The molecule has 0 aromatic carbocycles. The fourth-order valence-corrected chi connectivity index (χ4v) is 5.20. The highest BCUT2D eigenvalue weighted by atomic mass is 35.5. The summed E-state index contributed by atoms with van der Waals surface area (Å²) in [5.74, 6) is 0.181. The number of quaternary nitrogens is 2. The molecule has 0 spiro atoms. The maximum atomic E-state index is 12.4. The van der Waals surface area contributed by atoms with Crippen LogP contribution < -0.4 is 15.1 Å². The van der Waals surface area contributed by atoms with Gasteiger partial charge in [-0.05, 0) is 36.9 Å². The van der Waals surface area contributed by atoms with Crippen LogP contribution in [0.1, 0.15) is 16.7 Å². The van der Waals surface area contributed by atoms with Gasteiger partial charge in [0.05, 0.1) is 9.21 Å². The molecule has 2 aromatic rings. The molecule has 3 heterocycles. The molecule has 1 fully saturated rings. The minimum Gasteiger partial charge on any atom is -0.351 e. The van der Waals surface area contributed by atoms with Crippen molar-refractivity contribution in [3.63, 3.8) is 0 Å². The predicted octanol–water partition coefficient (Wildman–Crippen LogP) is 0.494. The van der Waals surface area contributed by atoms with E-state index in [4.69, 9.17) is 11.6 Å². The lowest BCUT2D eigenvalue weighted by molar-refractivity contribution is -1.02. The Bertz CT molecular complexity index is 666. The van der Waals surface area contributed by atoms with Crippen molar-refractivity contribution in [2.75, 3.05) is 32.7 Å². The number of nitrogens with one attached hydrogen (secondary N) is 3. The molecule has 1 aliphatic rings. The SMILES string of the molecule is C[C@H](C(=O)NCCc1cccs1)[NH+]1CC[NH+](Cc2ccc(Cl)s2)CC1. The van der Waals surface area contributed by atoms with E-state index in [-0.39, 0.29) is 11.9 Å². The highest BCUT2D eigenvalue weighted by molar-refractivity contribution is 7.16. The van der Waals surface area contributed by atoms with E-state index in [1.54, 1.807) is 27.6 Å². The first kappa shape index (κ1) is 18.9. The Morgan fingerprint density at radius 1 is 1.24 bits per heavy atom. The lowest BCUT2D eigenvalue weighted by Crippen LogP contribution is -3.29. The van der Waals surface area contributed by atoms with E-state index < -0.39 is 0 Å². The van der Waals surface area contributed by atoms with Crippen LogP contribution in [0, 0.1) is 0 Å². The van der Waals surface area contributed by atoms with Crippen LogP contribution in [-0.4, -0.2) is 44.7 Å². The summed E-state index contributed by atoms with van der Waals surface area (Å²) in [5.41, 5.74) is 0. The van der Waals surface area contributed by atoms with Crippen LogP contribution in [0.5, 0.6) is 0 Å². The summed E-state index contributed by atoms with van der Waals surface area (Å²) >= 11 is 9.44. The number of hydrogen-bond acceptors (Lipinski definition) is 3. The molecule has 25 heavy (non-hydrogen) atoms. The molecule has 1 aliphatic heterocycles. The average Bonchev–Trinajstić information content (AvgIpc) is 3.27. The van der Waals surface area contributed by atoms with E-state index in [2.05, 4.69) is 35.8 Å². The molecule has 1 saturated heterocycles. The van der Waals surface area contributed by atoms with Crippen LogP contribution in [0.25, 0.3) is 0 Å². The van der Waals surface area contributed by atoms with Crippen molar-refractivity contribution in [3.05, 3.63) is 43.7 Å². The first-order valence-electron chi connectivity index (χ1n) is 8.84. The minimum absolute atomic E-state index is 0.0288. The van der Waals surface area contributed by atoms with Gasteiger partial charge < -0.3 is 15.1 Å². The second-order valence-corrected chi connectivity index (χ2v) is 9.46. The zero-order chi connectivity index (χ0) is 17.6. The van der Waals surface area contributed by atoms with Gasteiger partial charge in [-0.3, -0.25) is 4.79 Å². The standard InChI is InChI=1S/C18H24ClN3OS2/c1-14(18(23)20-7-6-15-3-2-12-24-15)22-10-8-21(9-11-22)13-16-4-5-17(19)25-16/h2-5,12,14H,6-11,13H2,1H3,(H,20,23)/p+2/t14-/m1/s1. The number of thiophene rings is 2. The topological polar surface area (TPSA) is 38.0 Å². The van der Waals surface area contributed by atoms with Gasteiger partial charge >= 0.3 is 0 Å². The first-order chi connectivity index (χ1) is 12.1. The van der Waals surface area contributed by atoms with Gasteiger partial charge in [-0.2, -0.15) is 0 Å². The molecule has 7 heteroatoms. The number of carbonyl (C=O) groups is 1. The van der Waals surface area contributed by atoms with Crippen molar-refractivity contribution < 1.29 is 14.6 Å². The zero-order valence-electron chi connectivity index (χ0n) is 14.5. The normalized spacial score (nSPS) is 21.8. The summed E-state index contributed by atoms with van der Waals surface area (Å²) in [4.78, 5) is 18.1. The highest BCUT2D eigenvalue weighted by Gasteiger charge is 2.30. The molecule has 1 atom stereocenters. The van der Waals surface area contributed by atoms with Crippen molar-refractivity contribution in [2.24, 2.45) is 0 Å². The van der Waals surface area contributed by atoms with Crippen molar-refractivity contribution in [2.45, 2.75) is 25.9 Å². The van der Waals surface area contributed by atoms with Gasteiger partial charge in [-0.25, -0.2) is 0 Å². The van der Waals surface area contributed by atoms with E-state index in [1.165, 1.54) is 14.7 Å². The Balaban J connectivity index is 1.38. The summed E-state index contributed by atoms with van der Waals surface area (Å²) in [6.07, 6.45) is 0.923. The Morgan fingerprint density at radius 2 is 2.04 bits per heavy atom. The van der Waals surface area contributed by atoms with Gasteiger partial charge in [-0.1, -0.05) is 17.7 Å². The van der Waals surface area contributed by atoms with Gasteiger partial charge in [0.1, 0.15) is 32.7 Å². The molecule has 0 aliphatic carbocycles. The van der Waals surface area contributed by atoms with Crippen LogP contribution >= 0.6 is 34.3 Å². The third-order valence-electron chi connectivity index (χ3n) is 4.91. The quantitative estimate of drug-likeness (QED) is 0.623. The number of hydrogen-bond donors (Lipinski definition) is 3. The Labute approximate surface area is 162 Å². The molecular weight excluding hydrogens is 374 g/mol. The Hall–Kier alpha value is -0.920. The van der Waals surface area contributed by atoms with Gasteiger partial charge in [0.2, 0.25) is 0 Å². The van der Waals surface area contributed by atoms with Gasteiger partial charge in [0, 0.05) is 11.4 Å². The number of halogens is 1. The van der Waals surface area contributed by atoms with Gasteiger partial charge in [-0.15, -0.1) is 22.7 Å². The van der Waals surface area contributed by atoms with E-state index in [0.717, 1.165) is 50.0 Å². The maximum Gasteiger partial charge on any atom is 0.278 e. The maximum absolute atomic E-state index is 12.4. The molecule has 4 nitrogen and oxygen atoms in total. The molecule has 0 unspecified atom stereocenters. The molecule has 0 radical (unpaired) electrons. The molecule has 2 aromatic heterocycles. The van der Waals surface area contributed by atoms with Crippen molar-refractivity contribution in [3.8, 4) is 0 Å². The van der Waals surface area contributed by atoms with Gasteiger partial charge in [0.15, 0.2) is 6.04 Å². The van der Waals surface area contributed by atoms with E-state index in [0.29, 0.717) is 0 Å². The summed E-state index contributed by atoms with van der Waals surface area (Å²) in [6.45, 7) is 8.15. The molecule has 136 valence electrons. The lowest BCUT2D eigenvalue weighted by Gasteiger charge is -2.32. The molecule has 3 N–H and O–H groups in total. The number of piperazine rings is 1. The van der Waals surface area contributed by atoms with E-state index in [1.807, 2.05) is 6.07 Å². The lowest BCUT2D eigenvalue weighted by atomic mass is 10.2. The summed E-state index contributed by atoms with van der Waals surface area (Å²) in [5, 5.41) is 5.18. The second kappa shape index (κ2) is 9.14. The Kier molecular flexibility index (Phi) is 6.90. The van der Waals surface area contributed by atoms with Crippen LogP contribution in [-0.2, 0) is 17.8 Å². The van der Waals surface area contributed by atoms with Gasteiger partial charge in [0.25, 0.3) is 5.91 Å². The number of rotatable bonds is 7. The monoisotopic (exact) mass is 399 g/mol. The fourth-order valence-electron chi connectivity index (χ4n) is 3.33. The number of carbonyl (C=O) groups excluding carboxylic acids is 1. The van der Waals surface area contributed by atoms with Crippen molar-refractivity contribution in [1.82, 2.24) is 5.32 Å².